The van der Waals surface area contributed by atoms with Crippen molar-refractivity contribution >= 4 is 22.4 Å². The molecule has 0 saturated heterocycles. The van der Waals surface area contributed by atoms with Crippen molar-refractivity contribution in [3.63, 3.8) is 0 Å². The minimum atomic E-state index is -0.187. The predicted octanol–water partition coefficient (Wildman–Crippen LogP) is 3.63. The summed E-state index contributed by atoms with van der Waals surface area (Å²) < 4.78 is 4.63. The van der Waals surface area contributed by atoms with E-state index in [1.54, 1.807) is 11.3 Å². The highest BCUT2D eigenvalue weighted by Gasteiger charge is 2.24. The number of aromatic nitrogens is 1. The van der Waals surface area contributed by atoms with E-state index >= 15 is 0 Å². The minimum Gasteiger partial charge on any atom is -0.469 e. The van der Waals surface area contributed by atoms with Crippen molar-refractivity contribution in [3.05, 3.63) is 11.1 Å². The Kier molecular flexibility index (Phi) is 6.28. The number of nitrogens with one attached hydrogen (secondary N) is 1. The van der Waals surface area contributed by atoms with Crippen molar-refractivity contribution in [1.82, 2.24) is 4.98 Å². The van der Waals surface area contributed by atoms with Crippen LogP contribution in [0.15, 0.2) is 5.38 Å². The van der Waals surface area contributed by atoms with E-state index in [2.05, 4.69) is 35.8 Å². The molecule has 0 aliphatic carbocycles. The number of carbonyl (C=O) groups is 1. The van der Waals surface area contributed by atoms with Crippen LogP contribution < -0.4 is 5.32 Å². The number of carbonyl (C=O) groups excluding carboxylic acids is 1. The fraction of sp³-hybridized carbons (Fsp3) is 0.714. The lowest BCUT2D eigenvalue weighted by atomic mass is 9.90. The molecule has 0 unspecified atom stereocenters. The van der Waals surface area contributed by atoms with Crippen LogP contribution >= 0.6 is 11.3 Å². The van der Waals surface area contributed by atoms with Crippen LogP contribution in [0.3, 0.4) is 0 Å². The van der Waals surface area contributed by atoms with E-state index in [0.717, 1.165) is 30.1 Å². The molecule has 0 saturated carbocycles. The number of hydrogen-bond acceptors (Lipinski definition) is 5. The Morgan fingerprint density at radius 3 is 2.53 bits per heavy atom. The second kappa shape index (κ2) is 7.48. The predicted molar refractivity (Wildman–Crippen MR) is 79.7 cm³/mol. The van der Waals surface area contributed by atoms with E-state index in [1.165, 1.54) is 7.11 Å². The number of aryl methyl sites for hydroxylation is 1. The summed E-state index contributed by atoms with van der Waals surface area (Å²) in [5.74, 6) is -0.187. The van der Waals surface area contributed by atoms with E-state index in [0.29, 0.717) is 12.8 Å². The first-order chi connectivity index (χ1) is 9.09. The Morgan fingerprint density at radius 2 is 2.00 bits per heavy atom. The van der Waals surface area contributed by atoms with Gasteiger partial charge in [-0.05, 0) is 19.3 Å². The highest BCUT2D eigenvalue weighted by atomic mass is 32.1. The van der Waals surface area contributed by atoms with Gasteiger partial charge in [-0.3, -0.25) is 4.79 Å². The molecule has 4 nitrogen and oxygen atoms in total. The quantitative estimate of drug-likeness (QED) is 0.741. The normalized spacial score (nSPS) is 11.4. The van der Waals surface area contributed by atoms with Crippen molar-refractivity contribution in [3.8, 4) is 0 Å². The van der Waals surface area contributed by atoms with Gasteiger partial charge < -0.3 is 10.1 Å². The summed E-state index contributed by atoms with van der Waals surface area (Å²) in [6.07, 6.45) is 4.27. The van der Waals surface area contributed by atoms with Gasteiger partial charge in [0.2, 0.25) is 0 Å². The lowest BCUT2D eigenvalue weighted by Crippen LogP contribution is -2.36. The van der Waals surface area contributed by atoms with Crippen LogP contribution in [0.5, 0.6) is 0 Å². The maximum Gasteiger partial charge on any atom is 0.305 e. The smallest absolute Gasteiger partial charge is 0.305 e. The molecule has 1 rings (SSSR count). The molecule has 0 aromatic carbocycles. The number of anilines is 1. The van der Waals surface area contributed by atoms with Crippen molar-refractivity contribution < 1.29 is 9.53 Å². The van der Waals surface area contributed by atoms with Gasteiger partial charge in [0.05, 0.1) is 19.2 Å². The molecule has 1 aromatic rings. The summed E-state index contributed by atoms with van der Waals surface area (Å²) >= 11 is 1.61. The van der Waals surface area contributed by atoms with Gasteiger partial charge in [-0.25, -0.2) is 4.98 Å². The summed E-state index contributed by atoms with van der Waals surface area (Å²) in [5.41, 5.74) is 1.09. The van der Waals surface area contributed by atoms with Crippen molar-refractivity contribution in [2.45, 2.75) is 58.4 Å². The first kappa shape index (κ1) is 16.0. The molecular weight excluding hydrogens is 260 g/mol. The molecule has 5 heteroatoms. The molecule has 0 radical (unpaired) electrons. The number of methoxy groups -OCH3 is 1. The summed E-state index contributed by atoms with van der Waals surface area (Å²) in [6.45, 7) is 6.60. The summed E-state index contributed by atoms with van der Waals surface area (Å²) in [6, 6.07) is 0. The zero-order valence-corrected chi connectivity index (χ0v) is 13.1. The van der Waals surface area contributed by atoms with Gasteiger partial charge in [0.25, 0.3) is 0 Å². The molecule has 0 spiro atoms. The Morgan fingerprint density at radius 1 is 1.37 bits per heavy atom. The van der Waals surface area contributed by atoms with Gasteiger partial charge >= 0.3 is 5.97 Å². The second-order valence-corrected chi connectivity index (χ2v) is 5.54. The summed E-state index contributed by atoms with van der Waals surface area (Å²) in [7, 11) is 1.41. The summed E-state index contributed by atoms with van der Waals surface area (Å²) in [4.78, 5) is 15.6. The number of ether oxygens (including phenoxy) is 1. The molecule has 0 atom stereocenters. The molecule has 1 N–H and O–H groups in total. The topological polar surface area (TPSA) is 51.2 Å². The van der Waals surface area contributed by atoms with Crippen LogP contribution in [0.4, 0.5) is 5.13 Å². The first-order valence-corrected chi connectivity index (χ1v) is 7.76. The number of hydrogen-bond donors (Lipinski definition) is 1. The van der Waals surface area contributed by atoms with Crippen molar-refractivity contribution in [1.29, 1.82) is 0 Å². The third-order valence-corrected chi connectivity index (χ3v) is 4.57. The average Bonchev–Trinajstić information content (AvgIpc) is 2.89. The van der Waals surface area contributed by atoms with Gasteiger partial charge in [0.1, 0.15) is 0 Å². The molecule has 0 bridgehead atoms. The Balaban J connectivity index is 2.61. The van der Waals surface area contributed by atoms with Gasteiger partial charge in [0.15, 0.2) is 5.13 Å². The van der Waals surface area contributed by atoms with Gasteiger partial charge in [-0.1, -0.05) is 20.8 Å². The number of thiazole rings is 1. The summed E-state index contributed by atoms with van der Waals surface area (Å²) in [5, 5.41) is 6.52. The number of esters is 1. The van der Waals surface area contributed by atoms with Crippen molar-refractivity contribution in [2.24, 2.45) is 0 Å². The zero-order valence-electron chi connectivity index (χ0n) is 12.3. The van der Waals surface area contributed by atoms with Gasteiger partial charge in [0, 0.05) is 17.3 Å². The van der Waals surface area contributed by atoms with Crippen LogP contribution in [0.1, 0.15) is 52.1 Å². The molecular formula is C14H24N2O2S. The number of nitrogens with zero attached hydrogens (tertiary/aromatic N) is 1. The third-order valence-electron chi connectivity index (χ3n) is 3.77. The fourth-order valence-corrected chi connectivity index (χ4v) is 2.92. The van der Waals surface area contributed by atoms with Gasteiger partial charge in [-0.2, -0.15) is 0 Å². The molecule has 0 fully saturated rings. The van der Waals surface area contributed by atoms with Gasteiger partial charge in [-0.15, -0.1) is 11.3 Å². The van der Waals surface area contributed by atoms with E-state index in [1.807, 2.05) is 5.38 Å². The third kappa shape index (κ3) is 4.49. The highest BCUT2D eigenvalue weighted by molar-refractivity contribution is 7.13. The van der Waals surface area contributed by atoms with E-state index in [4.69, 9.17) is 0 Å². The molecule has 1 heterocycles. The molecule has 1 aromatic heterocycles. The molecule has 0 amide bonds. The van der Waals surface area contributed by atoms with Crippen LogP contribution in [0.2, 0.25) is 0 Å². The fourth-order valence-electron chi connectivity index (χ4n) is 2.05. The average molecular weight is 284 g/mol. The van der Waals surface area contributed by atoms with E-state index in [-0.39, 0.29) is 11.5 Å². The SMILES string of the molecule is CCC(CC)(CC)Nc1nc(CCC(=O)OC)cs1. The maximum atomic E-state index is 11.1. The Labute approximate surface area is 119 Å². The van der Waals surface area contributed by atoms with Crippen LogP contribution in [0.25, 0.3) is 0 Å². The number of rotatable bonds is 8. The lowest BCUT2D eigenvalue weighted by molar-refractivity contribution is -0.140. The first-order valence-electron chi connectivity index (χ1n) is 6.88. The standard InChI is InChI=1S/C14H24N2O2S/c1-5-14(6-2,7-3)16-13-15-11(10-19-13)8-9-12(17)18-4/h10H,5-9H2,1-4H3,(H,15,16). The minimum absolute atomic E-state index is 0.136. The molecule has 108 valence electrons. The molecule has 0 aliphatic heterocycles. The van der Waals surface area contributed by atoms with E-state index in [9.17, 15) is 4.79 Å². The Hall–Kier alpha value is -1.10. The van der Waals surface area contributed by atoms with Crippen LogP contribution in [-0.4, -0.2) is 23.6 Å². The lowest BCUT2D eigenvalue weighted by Gasteiger charge is -2.31. The van der Waals surface area contributed by atoms with Crippen LogP contribution in [0, 0.1) is 0 Å². The molecule has 0 aliphatic rings. The largest absolute Gasteiger partial charge is 0.469 e. The second-order valence-electron chi connectivity index (χ2n) is 4.69. The van der Waals surface area contributed by atoms with Crippen molar-refractivity contribution in [2.75, 3.05) is 12.4 Å². The monoisotopic (exact) mass is 284 g/mol. The molecule has 19 heavy (non-hydrogen) atoms. The highest BCUT2D eigenvalue weighted by Crippen LogP contribution is 2.27. The maximum absolute atomic E-state index is 11.1. The Bertz CT molecular complexity index is 392. The van der Waals surface area contributed by atoms with Crippen LogP contribution in [-0.2, 0) is 16.0 Å². The van der Waals surface area contributed by atoms with E-state index < -0.39 is 0 Å². The zero-order chi connectivity index (χ0) is 14.3.